The molecule has 8 rings (SSSR count). The third kappa shape index (κ3) is 3.38. The molecule has 42 heavy (non-hydrogen) atoms. The van der Waals surface area contributed by atoms with Crippen LogP contribution in [0.2, 0.25) is 0 Å². The van der Waals surface area contributed by atoms with Crippen molar-refractivity contribution < 1.29 is 40.0 Å². The van der Waals surface area contributed by atoms with Crippen LogP contribution < -0.4 is 20.3 Å². The van der Waals surface area contributed by atoms with Crippen molar-refractivity contribution in [1.82, 2.24) is 0 Å². The van der Waals surface area contributed by atoms with Crippen LogP contribution in [0.4, 0.5) is 22.7 Å². The van der Waals surface area contributed by atoms with Crippen molar-refractivity contribution in [3.05, 3.63) is 107 Å². The minimum absolute atomic E-state index is 0.0000394. The number of nitrogens with one attached hydrogen (secondary N) is 2. The molecule has 3 fully saturated rings. The summed E-state index contributed by atoms with van der Waals surface area (Å²) in [5.41, 5.74) is -0.251. The Labute approximate surface area is 238 Å². The molecule has 0 radical (unpaired) electrons. The van der Waals surface area contributed by atoms with Gasteiger partial charge < -0.3 is 10.4 Å². The smallest absolute Gasteiger partial charge is 0.238 e. The highest BCUT2D eigenvalue weighted by Gasteiger charge is 2.75. The third-order valence-corrected chi connectivity index (χ3v) is 9.17. The van der Waals surface area contributed by atoms with E-state index in [1.165, 1.54) is 48.5 Å². The topological polar surface area (TPSA) is 170 Å². The molecule has 212 valence electrons. The largest absolute Gasteiger partial charge is 0.595 e. The quantitative estimate of drug-likeness (QED) is 0.196. The first-order valence-corrected chi connectivity index (χ1v) is 13.3. The highest BCUT2D eigenvalue weighted by atomic mass is 16.8. The van der Waals surface area contributed by atoms with Crippen molar-refractivity contribution in [3.8, 4) is 0 Å². The molecule has 8 atom stereocenters. The predicted octanol–water partition coefficient (Wildman–Crippen LogP) is 0.542. The van der Waals surface area contributed by atoms with E-state index < -0.39 is 69.1 Å². The number of carbonyl (C=O) groups excluding carboxylic acids is 4. The number of anilines is 2. The van der Waals surface area contributed by atoms with Gasteiger partial charge in [0.25, 0.3) is 0 Å². The van der Waals surface area contributed by atoms with Gasteiger partial charge in [-0.05, 0) is 29.8 Å². The van der Waals surface area contributed by atoms with Crippen molar-refractivity contribution in [1.29, 1.82) is 0 Å². The van der Waals surface area contributed by atoms with E-state index in [1.54, 1.807) is 42.5 Å². The highest BCUT2D eigenvalue weighted by Crippen LogP contribution is 2.65. The van der Waals surface area contributed by atoms with Crippen LogP contribution in [0.5, 0.6) is 0 Å². The summed E-state index contributed by atoms with van der Waals surface area (Å²) in [5.74, 6) is -6.59. The molecule has 2 bridgehead atoms. The van der Waals surface area contributed by atoms with Crippen LogP contribution in [-0.4, -0.2) is 34.0 Å². The normalized spacial score (nSPS) is 31.0. The van der Waals surface area contributed by atoms with Gasteiger partial charge in [-0.3, -0.25) is 19.2 Å². The maximum Gasteiger partial charge on any atom is 0.238 e. The lowest BCUT2D eigenvalue weighted by Gasteiger charge is -2.53. The molecule has 0 spiro atoms. The van der Waals surface area contributed by atoms with Crippen LogP contribution in [0.1, 0.15) is 5.56 Å². The van der Waals surface area contributed by atoms with Gasteiger partial charge in [0.1, 0.15) is 0 Å². The number of quaternary nitrogens is 2. The van der Waals surface area contributed by atoms with Gasteiger partial charge in [-0.1, -0.05) is 42.5 Å². The fourth-order valence-electron chi connectivity index (χ4n) is 7.49. The molecule has 4 N–H and O–H groups in total. The standard InChI is InChI=1S/C30H24N4O8/c35-26-22-21-14-15-30(16-4-2-1-3-5-16,24(22)28(37)31(26)17-6-10-19(11-7-17)33(39)40)25-23(21)27(36)32(29(25)38)18-8-12-20(13-9-18)34(41)42/h1-15,21-25,33-34,39,41H/t21?,22-,23-,24-,25+,30?/m0/s1. The summed E-state index contributed by atoms with van der Waals surface area (Å²) in [6, 6.07) is 19.8. The number of amides is 4. The molecular formula is C30H24N4O8. The van der Waals surface area contributed by atoms with Gasteiger partial charge in [-0.2, -0.15) is 10.5 Å². The second kappa shape index (κ2) is 9.22. The first-order valence-electron chi connectivity index (χ1n) is 13.3. The van der Waals surface area contributed by atoms with Crippen molar-refractivity contribution in [3.63, 3.8) is 0 Å². The minimum Gasteiger partial charge on any atom is -0.595 e. The molecule has 3 aromatic carbocycles. The lowest BCUT2D eigenvalue weighted by atomic mass is 9.45. The van der Waals surface area contributed by atoms with E-state index in [2.05, 4.69) is 0 Å². The predicted molar refractivity (Wildman–Crippen MR) is 144 cm³/mol. The van der Waals surface area contributed by atoms with E-state index in [0.29, 0.717) is 5.56 Å². The zero-order valence-corrected chi connectivity index (χ0v) is 21.8. The van der Waals surface area contributed by atoms with E-state index in [4.69, 9.17) is 0 Å². The zero-order valence-electron chi connectivity index (χ0n) is 21.8. The highest BCUT2D eigenvalue weighted by molar-refractivity contribution is 6.27. The summed E-state index contributed by atoms with van der Waals surface area (Å²) in [6.45, 7) is 0. The average molecular weight is 569 g/mol. The van der Waals surface area contributed by atoms with Gasteiger partial charge in [0, 0.05) is 35.6 Å². The summed E-state index contributed by atoms with van der Waals surface area (Å²) in [4.78, 5) is 58.7. The molecule has 2 aliphatic heterocycles. The maximum atomic E-state index is 14.3. The van der Waals surface area contributed by atoms with Gasteiger partial charge in [0.05, 0.1) is 35.0 Å². The Kier molecular flexibility index (Phi) is 5.79. The van der Waals surface area contributed by atoms with Crippen LogP contribution >= 0.6 is 0 Å². The molecule has 1 saturated carbocycles. The lowest BCUT2D eigenvalue weighted by molar-refractivity contribution is -0.991. The van der Waals surface area contributed by atoms with Crippen molar-refractivity contribution in [2.24, 2.45) is 29.6 Å². The van der Waals surface area contributed by atoms with Crippen LogP contribution in [-0.2, 0) is 24.6 Å². The first-order chi connectivity index (χ1) is 20.2. The SMILES string of the molecule is O=C1[C@@H]2[C@@H](C(=O)N1c1ccc([NH+]([O-])O)cc1)C1C=CC2(c2ccccc2)[C@H]2C(=O)N(c3ccc([NH+]([O-])O)cc3)C(=O)[C@@H]12. The summed E-state index contributed by atoms with van der Waals surface area (Å²) in [6.07, 6.45) is 3.58. The fraction of sp³-hybridized carbons (Fsp3) is 0.200. The molecule has 3 aromatic rings. The van der Waals surface area contributed by atoms with Gasteiger partial charge in [0.15, 0.2) is 11.4 Å². The van der Waals surface area contributed by atoms with Crippen LogP contribution in [0.3, 0.4) is 0 Å². The van der Waals surface area contributed by atoms with Crippen LogP contribution in [0.15, 0.2) is 91.0 Å². The third-order valence-electron chi connectivity index (χ3n) is 9.17. The summed E-state index contributed by atoms with van der Waals surface area (Å²) in [7, 11) is 0. The van der Waals surface area contributed by atoms with E-state index in [0.717, 1.165) is 9.80 Å². The monoisotopic (exact) mass is 568 g/mol. The minimum atomic E-state index is -1.31. The molecule has 2 saturated heterocycles. The maximum absolute atomic E-state index is 14.3. The number of imide groups is 2. The Morgan fingerprint density at radius 3 is 1.45 bits per heavy atom. The fourth-order valence-corrected chi connectivity index (χ4v) is 7.49. The number of carbonyl (C=O) groups is 4. The lowest BCUT2D eigenvalue weighted by Crippen LogP contribution is -2.99. The second-order valence-corrected chi connectivity index (χ2v) is 11.0. The number of benzene rings is 3. The van der Waals surface area contributed by atoms with Crippen LogP contribution in [0, 0.1) is 40.0 Å². The molecule has 3 aliphatic carbocycles. The molecule has 4 amide bonds. The molecule has 4 unspecified atom stereocenters. The molecule has 12 nitrogen and oxygen atoms in total. The van der Waals surface area contributed by atoms with Crippen LogP contribution in [0.25, 0.3) is 0 Å². The van der Waals surface area contributed by atoms with Gasteiger partial charge in [-0.15, -0.1) is 0 Å². The van der Waals surface area contributed by atoms with Crippen molar-refractivity contribution in [2.75, 3.05) is 9.80 Å². The Hall–Kier alpha value is -4.56. The Morgan fingerprint density at radius 1 is 0.619 bits per heavy atom. The van der Waals surface area contributed by atoms with Crippen molar-refractivity contribution in [2.45, 2.75) is 5.41 Å². The van der Waals surface area contributed by atoms with E-state index >= 15 is 0 Å². The Balaban J connectivity index is 1.36. The average Bonchev–Trinajstić information content (AvgIpc) is 3.44. The number of allylic oxidation sites excluding steroid dienone is 2. The summed E-state index contributed by atoms with van der Waals surface area (Å²) < 4.78 is 0. The van der Waals surface area contributed by atoms with Gasteiger partial charge in [0.2, 0.25) is 23.6 Å². The van der Waals surface area contributed by atoms with E-state index in [-0.39, 0.29) is 22.7 Å². The molecule has 0 aromatic heterocycles. The number of hydrogen-bond donors (Lipinski definition) is 4. The van der Waals surface area contributed by atoms with E-state index in [9.17, 15) is 40.0 Å². The van der Waals surface area contributed by atoms with Crippen molar-refractivity contribution >= 4 is 46.4 Å². The summed E-state index contributed by atoms with van der Waals surface area (Å²) in [5, 5.41) is 39.0. The van der Waals surface area contributed by atoms with Gasteiger partial charge in [-0.25, -0.2) is 20.2 Å². The second-order valence-electron chi connectivity index (χ2n) is 11.0. The molecule has 5 aliphatic rings. The van der Waals surface area contributed by atoms with E-state index in [1.807, 2.05) is 0 Å². The number of nitrogens with zero attached hydrogens (tertiary/aromatic N) is 2. The zero-order chi connectivity index (χ0) is 29.5. The summed E-state index contributed by atoms with van der Waals surface area (Å²) >= 11 is 0. The molecular weight excluding hydrogens is 544 g/mol. The number of hydrogen-bond acceptors (Lipinski definition) is 8. The van der Waals surface area contributed by atoms with Gasteiger partial charge >= 0.3 is 0 Å². The molecule has 12 heteroatoms. The Bertz CT molecular complexity index is 1560. The Morgan fingerprint density at radius 2 is 1.05 bits per heavy atom. The molecule has 2 heterocycles. The number of rotatable bonds is 5. The first kappa shape index (κ1) is 26.3.